The third-order valence-electron chi connectivity index (χ3n) is 4.71. The SMILES string of the molecule is Cc1cc(N2Cc3ccccc3C2=O)ccc1NC(=O)c1ccccc1Cl. The van der Waals surface area contributed by atoms with Gasteiger partial charge in [-0.25, -0.2) is 0 Å². The number of halogens is 1. The van der Waals surface area contributed by atoms with Crippen LogP contribution >= 0.6 is 11.6 Å². The summed E-state index contributed by atoms with van der Waals surface area (Å²) < 4.78 is 0. The second-order valence-electron chi connectivity index (χ2n) is 6.48. The van der Waals surface area contributed by atoms with Crippen molar-refractivity contribution in [3.05, 3.63) is 94.0 Å². The minimum atomic E-state index is -0.263. The van der Waals surface area contributed by atoms with Crippen molar-refractivity contribution in [3.63, 3.8) is 0 Å². The van der Waals surface area contributed by atoms with Gasteiger partial charge in [-0.15, -0.1) is 0 Å². The van der Waals surface area contributed by atoms with Crippen LogP contribution in [0.3, 0.4) is 0 Å². The average Bonchev–Trinajstić information content (AvgIpc) is 3.01. The van der Waals surface area contributed by atoms with Crippen molar-refractivity contribution in [2.75, 3.05) is 10.2 Å². The number of benzene rings is 3. The number of amides is 2. The smallest absolute Gasteiger partial charge is 0.258 e. The van der Waals surface area contributed by atoms with Crippen LogP contribution in [0, 0.1) is 6.92 Å². The van der Waals surface area contributed by atoms with Gasteiger partial charge in [-0.1, -0.05) is 41.9 Å². The summed E-state index contributed by atoms with van der Waals surface area (Å²) in [4.78, 5) is 26.9. The number of nitrogens with one attached hydrogen (secondary N) is 1. The van der Waals surface area contributed by atoms with E-state index >= 15 is 0 Å². The van der Waals surface area contributed by atoms with Gasteiger partial charge in [0, 0.05) is 16.9 Å². The lowest BCUT2D eigenvalue weighted by molar-refractivity contribution is 0.0994. The van der Waals surface area contributed by atoms with E-state index < -0.39 is 0 Å². The second kappa shape index (κ2) is 6.89. The molecule has 0 saturated carbocycles. The molecule has 0 radical (unpaired) electrons. The number of nitrogens with zero attached hydrogens (tertiary/aromatic N) is 1. The molecule has 0 saturated heterocycles. The number of aryl methyl sites for hydroxylation is 1. The highest BCUT2D eigenvalue weighted by Crippen LogP contribution is 2.31. The topological polar surface area (TPSA) is 49.4 Å². The minimum Gasteiger partial charge on any atom is -0.322 e. The normalized spacial score (nSPS) is 12.8. The van der Waals surface area contributed by atoms with Gasteiger partial charge in [0.05, 0.1) is 17.1 Å². The first-order chi connectivity index (χ1) is 13.0. The lowest BCUT2D eigenvalue weighted by Gasteiger charge is -2.18. The van der Waals surface area contributed by atoms with Gasteiger partial charge in [-0.3, -0.25) is 9.59 Å². The molecule has 0 bridgehead atoms. The van der Waals surface area contributed by atoms with Crippen molar-refractivity contribution >= 4 is 34.8 Å². The maximum absolute atomic E-state index is 12.6. The minimum absolute atomic E-state index is 0.00199. The van der Waals surface area contributed by atoms with Crippen LogP contribution in [0.5, 0.6) is 0 Å². The maximum atomic E-state index is 12.6. The van der Waals surface area contributed by atoms with E-state index in [2.05, 4.69) is 5.32 Å². The third kappa shape index (κ3) is 3.20. The molecule has 134 valence electrons. The van der Waals surface area contributed by atoms with Crippen molar-refractivity contribution in [2.45, 2.75) is 13.5 Å². The largest absolute Gasteiger partial charge is 0.322 e. The number of anilines is 2. The Bertz CT molecular complexity index is 1060. The van der Waals surface area contributed by atoms with Gasteiger partial charge in [-0.2, -0.15) is 0 Å². The molecule has 0 unspecified atom stereocenters. The van der Waals surface area contributed by atoms with Gasteiger partial charge >= 0.3 is 0 Å². The van der Waals surface area contributed by atoms with Gasteiger partial charge in [0.1, 0.15) is 0 Å². The fourth-order valence-corrected chi connectivity index (χ4v) is 3.48. The number of carbonyl (C=O) groups excluding carboxylic acids is 2. The summed E-state index contributed by atoms with van der Waals surface area (Å²) in [7, 11) is 0. The molecule has 0 spiro atoms. The van der Waals surface area contributed by atoms with Crippen molar-refractivity contribution in [1.29, 1.82) is 0 Å². The van der Waals surface area contributed by atoms with Crippen LogP contribution < -0.4 is 10.2 Å². The number of rotatable bonds is 3. The van der Waals surface area contributed by atoms with Gasteiger partial charge in [0.2, 0.25) is 0 Å². The number of carbonyl (C=O) groups is 2. The monoisotopic (exact) mass is 376 g/mol. The first-order valence-corrected chi connectivity index (χ1v) is 8.98. The lowest BCUT2D eigenvalue weighted by Crippen LogP contribution is -2.23. The van der Waals surface area contributed by atoms with E-state index in [1.807, 2.05) is 49.4 Å². The fourth-order valence-electron chi connectivity index (χ4n) is 3.25. The highest BCUT2D eigenvalue weighted by molar-refractivity contribution is 6.34. The summed E-state index contributed by atoms with van der Waals surface area (Å²) in [6, 6.07) is 20.1. The molecular formula is C22H17ClN2O2. The van der Waals surface area contributed by atoms with Crippen LogP contribution in [0.4, 0.5) is 11.4 Å². The van der Waals surface area contributed by atoms with E-state index in [-0.39, 0.29) is 11.8 Å². The predicted molar refractivity (Wildman–Crippen MR) is 108 cm³/mol. The molecule has 1 heterocycles. The molecule has 0 aliphatic carbocycles. The molecule has 4 rings (SSSR count). The van der Waals surface area contributed by atoms with Crippen molar-refractivity contribution < 1.29 is 9.59 Å². The van der Waals surface area contributed by atoms with E-state index in [1.54, 1.807) is 29.2 Å². The van der Waals surface area contributed by atoms with Crippen LogP contribution in [0.1, 0.15) is 31.8 Å². The van der Waals surface area contributed by atoms with Gasteiger partial charge in [-0.05, 0) is 54.4 Å². The average molecular weight is 377 g/mol. The first kappa shape index (κ1) is 17.3. The zero-order chi connectivity index (χ0) is 19.0. The molecule has 4 nitrogen and oxygen atoms in total. The molecule has 0 atom stereocenters. The van der Waals surface area contributed by atoms with Crippen LogP contribution in [0.2, 0.25) is 5.02 Å². The Hall–Kier alpha value is -3.11. The van der Waals surface area contributed by atoms with Crippen molar-refractivity contribution in [2.24, 2.45) is 0 Å². The van der Waals surface area contributed by atoms with Crippen LogP contribution in [0.25, 0.3) is 0 Å². The quantitative estimate of drug-likeness (QED) is 0.694. The standard InChI is InChI=1S/C22H17ClN2O2/c1-14-12-16(25-13-15-6-2-3-7-17(15)22(25)27)10-11-20(14)24-21(26)18-8-4-5-9-19(18)23/h2-12H,13H2,1H3,(H,24,26). The van der Waals surface area contributed by atoms with Gasteiger partial charge in [0.15, 0.2) is 0 Å². The molecule has 1 aliphatic heterocycles. The molecule has 1 N–H and O–H groups in total. The van der Waals surface area contributed by atoms with Gasteiger partial charge < -0.3 is 10.2 Å². The fraction of sp³-hybridized carbons (Fsp3) is 0.0909. The molecule has 2 amide bonds. The van der Waals surface area contributed by atoms with Crippen LogP contribution in [0.15, 0.2) is 66.7 Å². The predicted octanol–water partition coefficient (Wildman–Crippen LogP) is 5.06. The van der Waals surface area contributed by atoms with E-state index in [9.17, 15) is 9.59 Å². The molecule has 0 aromatic heterocycles. The van der Waals surface area contributed by atoms with E-state index in [0.29, 0.717) is 22.8 Å². The maximum Gasteiger partial charge on any atom is 0.258 e. The lowest BCUT2D eigenvalue weighted by atomic mass is 10.1. The molecule has 0 fully saturated rings. The third-order valence-corrected chi connectivity index (χ3v) is 5.04. The Kier molecular flexibility index (Phi) is 4.42. The Morgan fingerprint density at radius 3 is 2.52 bits per heavy atom. The van der Waals surface area contributed by atoms with E-state index in [0.717, 1.165) is 22.4 Å². The molecule has 5 heteroatoms. The Balaban J connectivity index is 1.56. The summed E-state index contributed by atoms with van der Waals surface area (Å²) in [6.07, 6.45) is 0. The van der Waals surface area contributed by atoms with Crippen molar-refractivity contribution in [3.8, 4) is 0 Å². The summed E-state index contributed by atoms with van der Waals surface area (Å²) >= 11 is 6.09. The highest BCUT2D eigenvalue weighted by atomic mass is 35.5. The van der Waals surface area contributed by atoms with Crippen LogP contribution in [-0.2, 0) is 6.54 Å². The molecule has 1 aliphatic rings. The second-order valence-corrected chi connectivity index (χ2v) is 6.89. The van der Waals surface area contributed by atoms with Crippen molar-refractivity contribution in [1.82, 2.24) is 0 Å². The Morgan fingerprint density at radius 1 is 1.04 bits per heavy atom. The number of hydrogen-bond donors (Lipinski definition) is 1. The van der Waals surface area contributed by atoms with Crippen LogP contribution in [-0.4, -0.2) is 11.8 Å². The summed E-state index contributed by atoms with van der Waals surface area (Å²) in [5, 5.41) is 3.29. The Morgan fingerprint density at radius 2 is 1.78 bits per heavy atom. The molecule has 3 aromatic rings. The first-order valence-electron chi connectivity index (χ1n) is 8.61. The van der Waals surface area contributed by atoms with E-state index in [4.69, 9.17) is 11.6 Å². The van der Waals surface area contributed by atoms with E-state index in [1.165, 1.54) is 0 Å². The molecule has 3 aromatic carbocycles. The summed E-state index contributed by atoms with van der Waals surface area (Å²) in [6.45, 7) is 2.46. The zero-order valence-electron chi connectivity index (χ0n) is 14.7. The Labute approximate surface area is 162 Å². The van der Waals surface area contributed by atoms with Gasteiger partial charge in [0.25, 0.3) is 11.8 Å². The number of fused-ring (bicyclic) bond motifs is 1. The molecular weight excluding hydrogens is 360 g/mol. The number of hydrogen-bond acceptors (Lipinski definition) is 2. The highest BCUT2D eigenvalue weighted by Gasteiger charge is 2.28. The summed E-state index contributed by atoms with van der Waals surface area (Å²) in [5.74, 6) is -0.265. The molecule has 27 heavy (non-hydrogen) atoms. The zero-order valence-corrected chi connectivity index (χ0v) is 15.5. The summed E-state index contributed by atoms with van der Waals surface area (Å²) in [5.41, 5.74) is 4.56.